The lowest BCUT2D eigenvalue weighted by Gasteiger charge is -2.15. The summed E-state index contributed by atoms with van der Waals surface area (Å²) in [6.45, 7) is 3.49. The number of carbonyl (C=O) groups excluding carboxylic acids is 1. The molecule has 0 aromatic heterocycles. The third-order valence-electron chi connectivity index (χ3n) is 3.42. The van der Waals surface area contributed by atoms with Gasteiger partial charge >= 0.3 is 0 Å². The third-order valence-corrected chi connectivity index (χ3v) is 3.42. The SMILES string of the molecule is CCCCN(C)CC(=O)Nc1ccc(Oc2ccccc2)cc1. The molecule has 0 radical (unpaired) electrons. The van der Waals surface area contributed by atoms with Crippen molar-refractivity contribution in [1.29, 1.82) is 0 Å². The van der Waals surface area contributed by atoms with E-state index in [1.165, 1.54) is 0 Å². The van der Waals surface area contributed by atoms with Crippen LogP contribution in [0.5, 0.6) is 11.5 Å². The fourth-order valence-electron chi connectivity index (χ4n) is 2.18. The zero-order chi connectivity index (χ0) is 16.5. The van der Waals surface area contributed by atoms with Gasteiger partial charge in [0.05, 0.1) is 6.54 Å². The van der Waals surface area contributed by atoms with Crippen LogP contribution < -0.4 is 10.1 Å². The van der Waals surface area contributed by atoms with Gasteiger partial charge in [0.1, 0.15) is 11.5 Å². The molecule has 0 bridgehead atoms. The lowest BCUT2D eigenvalue weighted by atomic mass is 10.3. The van der Waals surface area contributed by atoms with E-state index in [4.69, 9.17) is 4.74 Å². The summed E-state index contributed by atoms with van der Waals surface area (Å²) in [6.07, 6.45) is 2.24. The maximum absolute atomic E-state index is 12.0. The van der Waals surface area contributed by atoms with E-state index in [9.17, 15) is 4.79 Å². The number of unbranched alkanes of at least 4 members (excludes halogenated alkanes) is 1. The van der Waals surface area contributed by atoms with Gasteiger partial charge in [-0.25, -0.2) is 0 Å². The standard InChI is InChI=1S/C19H24N2O2/c1-3-4-14-21(2)15-19(22)20-16-10-12-18(13-11-16)23-17-8-6-5-7-9-17/h5-13H,3-4,14-15H2,1-2H3,(H,20,22). The first kappa shape index (κ1) is 17.0. The summed E-state index contributed by atoms with van der Waals surface area (Å²) >= 11 is 0. The van der Waals surface area contributed by atoms with Gasteiger partial charge in [0, 0.05) is 5.69 Å². The molecule has 23 heavy (non-hydrogen) atoms. The predicted molar refractivity (Wildman–Crippen MR) is 94.0 cm³/mol. The first-order valence-electron chi connectivity index (χ1n) is 7.98. The Bertz CT molecular complexity index is 597. The molecule has 122 valence electrons. The highest BCUT2D eigenvalue weighted by Crippen LogP contribution is 2.22. The minimum Gasteiger partial charge on any atom is -0.457 e. The van der Waals surface area contributed by atoms with Crippen LogP contribution in [0.4, 0.5) is 5.69 Å². The topological polar surface area (TPSA) is 41.6 Å². The van der Waals surface area contributed by atoms with Gasteiger partial charge in [-0.15, -0.1) is 0 Å². The average molecular weight is 312 g/mol. The Morgan fingerprint density at radius 1 is 1.04 bits per heavy atom. The van der Waals surface area contributed by atoms with Crippen molar-refractivity contribution >= 4 is 11.6 Å². The Kier molecular flexibility index (Phi) is 6.63. The van der Waals surface area contributed by atoms with E-state index in [1.54, 1.807) is 0 Å². The minimum atomic E-state index is 0.000306. The summed E-state index contributed by atoms with van der Waals surface area (Å²) in [5, 5.41) is 2.90. The molecule has 2 aromatic carbocycles. The molecule has 0 aliphatic heterocycles. The molecular weight excluding hydrogens is 288 g/mol. The van der Waals surface area contributed by atoms with Crippen molar-refractivity contribution in [3.63, 3.8) is 0 Å². The molecule has 0 fully saturated rings. The summed E-state index contributed by atoms with van der Waals surface area (Å²) in [5.41, 5.74) is 0.777. The molecule has 0 saturated carbocycles. The molecule has 0 atom stereocenters. The average Bonchev–Trinajstić information content (AvgIpc) is 2.55. The van der Waals surface area contributed by atoms with Crippen LogP contribution in [0.2, 0.25) is 0 Å². The van der Waals surface area contributed by atoms with Crippen molar-refractivity contribution in [1.82, 2.24) is 4.90 Å². The zero-order valence-electron chi connectivity index (χ0n) is 13.8. The molecule has 4 nitrogen and oxygen atoms in total. The number of likely N-dealkylation sites (N-methyl/N-ethyl adjacent to an activating group) is 1. The van der Waals surface area contributed by atoms with Crippen LogP contribution in [-0.4, -0.2) is 30.9 Å². The van der Waals surface area contributed by atoms with Crippen LogP contribution in [0, 0.1) is 0 Å². The second kappa shape index (κ2) is 8.96. The third kappa shape index (κ3) is 6.12. The molecule has 1 N–H and O–H groups in total. The second-order valence-electron chi connectivity index (χ2n) is 5.58. The van der Waals surface area contributed by atoms with E-state index in [-0.39, 0.29) is 5.91 Å². The summed E-state index contributed by atoms with van der Waals surface area (Å²) < 4.78 is 5.73. The van der Waals surface area contributed by atoms with Gasteiger partial charge in [-0.2, -0.15) is 0 Å². The van der Waals surface area contributed by atoms with Crippen molar-refractivity contribution in [2.24, 2.45) is 0 Å². The van der Waals surface area contributed by atoms with E-state index in [0.29, 0.717) is 6.54 Å². The molecule has 0 spiro atoms. The number of para-hydroxylation sites is 1. The van der Waals surface area contributed by atoms with Gasteiger partial charge in [0.2, 0.25) is 5.91 Å². The Morgan fingerprint density at radius 2 is 1.70 bits per heavy atom. The number of amides is 1. The summed E-state index contributed by atoms with van der Waals surface area (Å²) in [5.74, 6) is 1.54. The van der Waals surface area contributed by atoms with Crippen LogP contribution in [0.1, 0.15) is 19.8 Å². The molecule has 4 heteroatoms. The number of benzene rings is 2. The number of anilines is 1. The first-order valence-corrected chi connectivity index (χ1v) is 7.98. The van der Waals surface area contributed by atoms with Crippen molar-refractivity contribution in [3.05, 3.63) is 54.6 Å². The normalized spacial score (nSPS) is 10.6. The Balaban J connectivity index is 1.83. The molecule has 1 amide bonds. The molecule has 0 unspecified atom stereocenters. The van der Waals surface area contributed by atoms with E-state index < -0.39 is 0 Å². The number of hydrogen-bond donors (Lipinski definition) is 1. The number of carbonyl (C=O) groups is 1. The maximum atomic E-state index is 12.0. The Labute approximate surface area is 138 Å². The fraction of sp³-hybridized carbons (Fsp3) is 0.316. The quantitative estimate of drug-likeness (QED) is 0.796. The van der Waals surface area contributed by atoms with E-state index in [2.05, 4.69) is 12.2 Å². The highest BCUT2D eigenvalue weighted by atomic mass is 16.5. The van der Waals surface area contributed by atoms with E-state index in [0.717, 1.165) is 36.6 Å². The number of ether oxygens (including phenoxy) is 1. The zero-order valence-corrected chi connectivity index (χ0v) is 13.8. The van der Waals surface area contributed by atoms with Gasteiger partial charge in [-0.1, -0.05) is 31.5 Å². The van der Waals surface area contributed by atoms with Crippen molar-refractivity contribution in [2.75, 3.05) is 25.5 Å². The van der Waals surface area contributed by atoms with Gasteiger partial charge in [-0.05, 0) is 56.4 Å². The second-order valence-corrected chi connectivity index (χ2v) is 5.58. The molecule has 0 aliphatic carbocycles. The first-order chi connectivity index (χ1) is 11.2. The summed E-state index contributed by atoms with van der Waals surface area (Å²) in [4.78, 5) is 14.0. The lowest BCUT2D eigenvalue weighted by molar-refractivity contribution is -0.117. The number of nitrogens with zero attached hydrogens (tertiary/aromatic N) is 1. The molecule has 2 rings (SSSR count). The fourth-order valence-corrected chi connectivity index (χ4v) is 2.18. The number of hydrogen-bond acceptors (Lipinski definition) is 3. The van der Waals surface area contributed by atoms with Gasteiger partial charge < -0.3 is 10.1 Å². The van der Waals surface area contributed by atoms with Crippen LogP contribution in [0.3, 0.4) is 0 Å². The summed E-state index contributed by atoms with van der Waals surface area (Å²) in [7, 11) is 1.96. The Hall–Kier alpha value is -2.33. The largest absolute Gasteiger partial charge is 0.457 e. The van der Waals surface area contributed by atoms with E-state index in [1.807, 2.05) is 66.5 Å². The van der Waals surface area contributed by atoms with Crippen LogP contribution in [-0.2, 0) is 4.79 Å². The van der Waals surface area contributed by atoms with Gasteiger partial charge in [0.25, 0.3) is 0 Å². The van der Waals surface area contributed by atoms with Crippen LogP contribution in [0.25, 0.3) is 0 Å². The smallest absolute Gasteiger partial charge is 0.238 e. The Morgan fingerprint density at radius 3 is 2.35 bits per heavy atom. The van der Waals surface area contributed by atoms with E-state index >= 15 is 0 Å². The molecule has 0 saturated heterocycles. The van der Waals surface area contributed by atoms with Crippen LogP contribution in [0.15, 0.2) is 54.6 Å². The molecule has 0 aliphatic rings. The van der Waals surface area contributed by atoms with Gasteiger partial charge in [0.15, 0.2) is 0 Å². The van der Waals surface area contributed by atoms with Gasteiger partial charge in [-0.3, -0.25) is 9.69 Å². The lowest BCUT2D eigenvalue weighted by Crippen LogP contribution is -2.30. The van der Waals surface area contributed by atoms with Crippen molar-refractivity contribution < 1.29 is 9.53 Å². The molecule has 0 heterocycles. The van der Waals surface area contributed by atoms with Crippen LogP contribution >= 0.6 is 0 Å². The van der Waals surface area contributed by atoms with Crippen molar-refractivity contribution in [3.8, 4) is 11.5 Å². The number of nitrogens with one attached hydrogen (secondary N) is 1. The molecule has 2 aromatic rings. The summed E-state index contributed by atoms with van der Waals surface area (Å²) in [6, 6.07) is 17.0. The monoisotopic (exact) mass is 312 g/mol. The predicted octanol–water partition coefficient (Wildman–Crippen LogP) is 4.15. The number of rotatable bonds is 8. The highest BCUT2D eigenvalue weighted by molar-refractivity contribution is 5.92. The highest BCUT2D eigenvalue weighted by Gasteiger charge is 2.06. The maximum Gasteiger partial charge on any atom is 0.238 e. The molecular formula is C19H24N2O2. The minimum absolute atomic E-state index is 0.000306. The van der Waals surface area contributed by atoms with Crippen molar-refractivity contribution in [2.45, 2.75) is 19.8 Å².